The van der Waals surface area contributed by atoms with Crippen LogP contribution in [0.4, 0.5) is 14.6 Å². The molecule has 0 radical (unpaired) electrons. The molecule has 0 spiro atoms. The first kappa shape index (κ1) is 7.97. The lowest BCUT2D eigenvalue weighted by atomic mass is 10.2. The van der Waals surface area contributed by atoms with E-state index in [0.29, 0.717) is 0 Å². The molecular formula is C8H5F2NO2. The normalized spacial score (nSPS) is 20.9. The fraction of sp³-hybridized carbons (Fsp3) is 0.125. The van der Waals surface area contributed by atoms with Gasteiger partial charge in [0.1, 0.15) is 11.4 Å². The van der Waals surface area contributed by atoms with Crippen molar-refractivity contribution in [3.63, 3.8) is 0 Å². The zero-order valence-electron chi connectivity index (χ0n) is 6.41. The molecule has 0 fully saturated rings. The van der Waals surface area contributed by atoms with Crippen LogP contribution in [0.15, 0.2) is 24.3 Å². The highest BCUT2D eigenvalue weighted by Gasteiger charge is 2.34. The summed E-state index contributed by atoms with van der Waals surface area (Å²) in [5.41, 5.74) is -0.0681. The van der Waals surface area contributed by atoms with Gasteiger partial charge in [0.25, 0.3) is 0 Å². The van der Waals surface area contributed by atoms with Crippen LogP contribution < -0.4 is 9.86 Å². The number of hydrogen-bond acceptors (Lipinski definition) is 2. The van der Waals surface area contributed by atoms with Gasteiger partial charge in [-0.15, -0.1) is 5.12 Å². The quantitative estimate of drug-likeness (QED) is 0.574. The molecule has 1 aromatic carbocycles. The molecule has 0 saturated carbocycles. The molecule has 13 heavy (non-hydrogen) atoms. The number of alkyl halides is 1. The predicted octanol–water partition coefficient (Wildman–Crippen LogP) is 1.59. The summed E-state index contributed by atoms with van der Waals surface area (Å²) in [4.78, 5) is 10.7. The summed E-state index contributed by atoms with van der Waals surface area (Å²) in [6.45, 7) is 0. The van der Waals surface area contributed by atoms with Crippen molar-refractivity contribution in [3.05, 3.63) is 24.3 Å². The highest BCUT2D eigenvalue weighted by molar-refractivity contribution is 5.97. The van der Waals surface area contributed by atoms with Gasteiger partial charge in [-0.25, -0.2) is 0 Å². The molecule has 0 bridgehead atoms. The smallest absolute Gasteiger partial charge is 0.329 e. The van der Waals surface area contributed by atoms with Crippen LogP contribution in [0.2, 0.25) is 0 Å². The summed E-state index contributed by atoms with van der Waals surface area (Å²) in [6, 6.07) is 5.82. The summed E-state index contributed by atoms with van der Waals surface area (Å²) in [5, 5.41) is -0.247. The molecule has 0 saturated heterocycles. The highest BCUT2D eigenvalue weighted by Crippen LogP contribution is 2.33. The number of carbonyl (C=O) groups is 1. The van der Waals surface area contributed by atoms with Gasteiger partial charge in [-0.05, 0) is 12.1 Å². The molecule has 1 heterocycles. The molecule has 1 aliphatic heterocycles. The molecular weight excluding hydrogens is 180 g/mol. The van der Waals surface area contributed by atoms with Gasteiger partial charge in [0.2, 0.25) is 0 Å². The molecule has 2 rings (SSSR count). The number of para-hydroxylation sites is 2. The fourth-order valence-electron chi connectivity index (χ4n) is 1.09. The van der Waals surface area contributed by atoms with E-state index in [9.17, 15) is 13.7 Å². The largest absolute Gasteiger partial charge is 0.449 e. The number of anilines is 1. The number of benzene rings is 1. The second-order valence-electron chi connectivity index (χ2n) is 2.52. The summed E-state index contributed by atoms with van der Waals surface area (Å²) >= 11 is 0. The zero-order valence-corrected chi connectivity index (χ0v) is 6.41. The van der Waals surface area contributed by atoms with Crippen LogP contribution in [-0.4, -0.2) is 12.3 Å². The highest BCUT2D eigenvalue weighted by atomic mass is 19.2. The molecule has 0 N–H and O–H groups in total. The van der Waals surface area contributed by atoms with Crippen molar-refractivity contribution in [3.8, 4) is 5.75 Å². The van der Waals surface area contributed by atoms with Crippen molar-refractivity contribution in [2.75, 3.05) is 5.12 Å². The van der Waals surface area contributed by atoms with E-state index in [1.54, 1.807) is 6.07 Å². The Hall–Kier alpha value is -1.65. The van der Waals surface area contributed by atoms with Gasteiger partial charge in [0.15, 0.2) is 0 Å². The van der Waals surface area contributed by atoms with Crippen LogP contribution in [0, 0.1) is 0 Å². The van der Waals surface area contributed by atoms with E-state index >= 15 is 0 Å². The lowest BCUT2D eigenvalue weighted by molar-refractivity contribution is -0.137. The van der Waals surface area contributed by atoms with Crippen molar-refractivity contribution in [2.45, 2.75) is 6.36 Å². The molecule has 3 nitrogen and oxygen atoms in total. The molecule has 1 aliphatic rings. The molecule has 1 amide bonds. The van der Waals surface area contributed by atoms with Gasteiger partial charge in [0.05, 0.1) is 0 Å². The Morgan fingerprint density at radius 1 is 1.38 bits per heavy atom. The van der Waals surface area contributed by atoms with Gasteiger partial charge in [0, 0.05) is 0 Å². The van der Waals surface area contributed by atoms with Crippen LogP contribution in [0.3, 0.4) is 0 Å². The first-order valence-corrected chi connectivity index (χ1v) is 3.59. The third-order valence-electron chi connectivity index (χ3n) is 1.69. The minimum Gasteiger partial charge on any atom is -0.449 e. The number of hydrogen-bond donors (Lipinski definition) is 0. The summed E-state index contributed by atoms with van der Waals surface area (Å²) in [5.74, 6) is -1.31. The average Bonchev–Trinajstić information content (AvgIpc) is 2.15. The Balaban J connectivity index is 2.49. The third-order valence-corrected chi connectivity index (χ3v) is 1.69. The van der Waals surface area contributed by atoms with Crippen LogP contribution in [0.5, 0.6) is 5.75 Å². The standard InChI is InChI=1S/C8H5F2NO2/c9-7-8(12)11(10)5-3-1-2-4-6(5)13-7/h1-4,7H. The maximum atomic E-state index is 13.0. The SMILES string of the molecule is O=C1C(F)Oc2ccccc2N1F. The van der Waals surface area contributed by atoms with E-state index < -0.39 is 12.3 Å². The minimum atomic E-state index is -2.25. The second kappa shape index (κ2) is 2.69. The van der Waals surface area contributed by atoms with Crippen molar-refractivity contribution in [2.24, 2.45) is 0 Å². The maximum Gasteiger partial charge on any atom is 0.329 e. The van der Waals surface area contributed by atoms with Crippen molar-refractivity contribution in [1.29, 1.82) is 0 Å². The Morgan fingerprint density at radius 2 is 2.08 bits per heavy atom. The van der Waals surface area contributed by atoms with Crippen molar-refractivity contribution >= 4 is 11.6 Å². The lowest BCUT2D eigenvalue weighted by Crippen LogP contribution is -2.38. The molecule has 5 heteroatoms. The second-order valence-corrected chi connectivity index (χ2v) is 2.52. The van der Waals surface area contributed by atoms with Gasteiger partial charge in [-0.1, -0.05) is 16.6 Å². The van der Waals surface area contributed by atoms with E-state index in [4.69, 9.17) is 0 Å². The number of halogens is 2. The number of nitrogens with zero attached hydrogens (tertiary/aromatic N) is 1. The maximum absolute atomic E-state index is 13.0. The van der Waals surface area contributed by atoms with E-state index in [1.165, 1.54) is 18.2 Å². The first-order chi connectivity index (χ1) is 6.20. The molecule has 1 atom stereocenters. The molecule has 0 aliphatic carbocycles. The number of fused-ring (bicyclic) bond motifs is 1. The number of amides is 1. The van der Waals surface area contributed by atoms with Crippen LogP contribution in [0.25, 0.3) is 0 Å². The Kier molecular flexibility index (Phi) is 1.65. The Bertz CT molecular complexity index is 356. The van der Waals surface area contributed by atoms with Gasteiger partial charge < -0.3 is 4.74 Å². The predicted molar refractivity (Wildman–Crippen MR) is 40.6 cm³/mol. The van der Waals surface area contributed by atoms with E-state index in [-0.39, 0.29) is 16.6 Å². The summed E-state index contributed by atoms with van der Waals surface area (Å²) < 4.78 is 30.2. The van der Waals surface area contributed by atoms with E-state index in [2.05, 4.69) is 4.74 Å². The Morgan fingerprint density at radius 3 is 2.85 bits per heavy atom. The summed E-state index contributed by atoms with van der Waals surface area (Å²) in [7, 11) is 0. The van der Waals surface area contributed by atoms with E-state index in [1.807, 2.05) is 0 Å². The van der Waals surface area contributed by atoms with Gasteiger partial charge >= 0.3 is 12.3 Å². The lowest BCUT2D eigenvalue weighted by Gasteiger charge is -2.23. The molecule has 0 aromatic heterocycles. The first-order valence-electron chi connectivity index (χ1n) is 3.59. The van der Waals surface area contributed by atoms with Gasteiger partial charge in [-0.3, -0.25) is 4.79 Å². The van der Waals surface area contributed by atoms with Crippen LogP contribution in [-0.2, 0) is 4.79 Å². The molecule has 1 unspecified atom stereocenters. The topological polar surface area (TPSA) is 29.5 Å². The fourth-order valence-corrected chi connectivity index (χ4v) is 1.09. The Labute approximate surface area is 72.5 Å². The molecule has 68 valence electrons. The third kappa shape index (κ3) is 1.12. The number of rotatable bonds is 0. The minimum absolute atomic E-state index is 0.0251. The monoisotopic (exact) mass is 185 g/mol. The van der Waals surface area contributed by atoms with Crippen molar-refractivity contribution in [1.82, 2.24) is 0 Å². The van der Waals surface area contributed by atoms with Crippen LogP contribution >= 0.6 is 0 Å². The molecule has 1 aromatic rings. The van der Waals surface area contributed by atoms with Crippen molar-refractivity contribution < 1.29 is 18.4 Å². The zero-order chi connectivity index (χ0) is 9.42. The number of carbonyl (C=O) groups excluding carboxylic acids is 1. The average molecular weight is 185 g/mol. The van der Waals surface area contributed by atoms with E-state index in [0.717, 1.165) is 0 Å². The number of ether oxygens (including phenoxy) is 1. The van der Waals surface area contributed by atoms with Crippen LogP contribution in [0.1, 0.15) is 0 Å². The summed E-state index contributed by atoms with van der Waals surface area (Å²) in [6.07, 6.45) is -2.25. The van der Waals surface area contributed by atoms with Gasteiger partial charge in [-0.2, -0.15) is 4.39 Å².